The number of methoxy groups -OCH3 is 1. The number of amides is 1. The van der Waals surface area contributed by atoms with Crippen molar-refractivity contribution < 1.29 is 14.3 Å². The molecule has 0 fully saturated rings. The van der Waals surface area contributed by atoms with Crippen LogP contribution < -0.4 is 20.5 Å². The van der Waals surface area contributed by atoms with Crippen LogP contribution in [0.15, 0.2) is 18.2 Å². The summed E-state index contributed by atoms with van der Waals surface area (Å²) in [6, 6.07) is 5.85. The topological polar surface area (TPSA) is 73.6 Å². The highest BCUT2D eigenvalue weighted by molar-refractivity contribution is 5.84. The Bertz CT molecular complexity index is 477. The Morgan fingerprint density at radius 2 is 2.05 bits per heavy atom. The van der Waals surface area contributed by atoms with Gasteiger partial charge in [0.1, 0.15) is 0 Å². The van der Waals surface area contributed by atoms with Gasteiger partial charge in [-0.25, -0.2) is 0 Å². The maximum Gasteiger partial charge on any atom is 0.237 e. The fraction of sp³-hybridized carbons (Fsp3) is 0.562. The number of unbranched alkanes of at least 4 members (excludes halogenated alkanes) is 1. The van der Waals surface area contributed by atoms with Crippen molar-refractivity contribution in [2.75, 3.05) is 20.8 Å². The summed E-state index contributed by atoms with van der Waals surface area (Å²) in [6.45, 7) is 4.41. The summed E-state index contributed by atoms with van der Waals surface area (Å²) >= 11 is 0. The molecule has 0 heterocycles. The zero-order chi connectivity index (χ0) is 15.9. The molecule has 0 radical (unpaired) electrons. The summed E-state index contributed by atoms with van der Waals surface area (Å²) in [7, 11) is 3.38. The van der Waals surface area contributed by atoms with Crippen molar-refractivity contribution >= 4 is 5.91 Å². The first-order valence-electron chi connectivity index (χ1n) is 7.19. The van der Waals surface area contributed by atoms with Gasteiger partial charge >= 0.3 is 0 Å². The first-order valence-corrected chi connectivity index (χ1v) is 7.19. The molecule has 0 aliphatic carbocycles. The molecule has 0 aliphatic rings. The number of carbonyl (C=O) groups is 1. The summed E-state index contributed by atoms with van der Waals surface area (Å²) in [5.74, 6) is 1.16. The van der Waals surface area contributed by atoms with Crippen LogP contribution in [0.25, 0.3) is 0 Å². The maximum atomic E-state index is 11.4. The van der Waals surface area contributed by atoms with Crippen molar-refractivity contribution in [3.8, 4) is 11.5 Å². The van der Waals surface area contributed by atoms with Crippen LogP contribution in [0, 0.1) is 6.92 Å². The Labute approximate surface area is 126 Å². The molecule has 3 N–H and O–H groups in total. The normalized spacial score (nSPS) is 13.5. The molecule has 1 rings (SSSR count). The first-order chi connectivity index (χ1) is 9.92. The van der Waals surface area contributed by atoms with Gasteiger partial charge in [0, 0.05) is 0 Å². The summed E-state index contributed by atoms with van der Waals surface area (Å²) < 4.78 is 11.0. The Balaban J connectivity index is 2.40. The Morgan fingerprint density at radius 1 is 1.33 bits per heavy atom. The highest BCUT2D eigenvalue weighted by Crippen LogP contribution is 2.28. The maximum absolute atomic E-state index is 11.4. The molecule has 0 aliphatic heterocycles. The molecule has 1 unspecified atom stereocenters. The number of carbonyl (C=O) groups excluding carboxylic acids is 1. The van der Waals surface area contributed by atoms with Gasteiger partial charge in [0.05, 0.1) is 19.3 Å². The van der Waals surface area contributed by atoms with Gasteiger partial charge in [-0.2, -0.15) is 0 Å². The van der Waals surface area contributed by atoms with Crippen molar-refractivity contribution in [1.82, 2.24) is 5.32 Å². The number of nitrogens with one attached hydrogen (secondary N) is 1. The Hall–Kier alpha value is -1.75. The van der Waals surface area contributed by atoms with Crippen molar-refractivity contribution in [2.45, 2.75) is 38.6 Å². The minimum absolute atomic E-state index is 0.328. The number of hydrogen-bond acceptors (Lipinski definition) is 4. The van der Waals surface area contributed by atoms with Crippen LogP contribution in [0.1, 0.15) is 31.7 Å². The first kappa shape index (κ1) is 17.3. The molecular formula is C16H26N2O3. The number of rotatable bonds is 9. The van der Waals surface area contributed by atoms with Gasteiger partial charge in [-0.1, -0.05) is 6.07 Å². The van der Waals surface area contributed by atoms with E-state index < -0.39 is 5.54 Å². The summed E-state index contributed by atoms with van der Waals surface area (Å²) in [5.41, 5.74) is 5.87. The smallest absolute Gasteiger partial charge is 0.237 e. The predicted octanol–water partition coefficient (Wildman–Crippen LogP) is 2.02. The van der Waals surface area contributed by atoms with Gasteiger partial charge in [0.15, 0.2) is 11.5 Å². The largest absolute Gasteiger partial charge is 0.493 e. The quantitative estimate of drug-likeness (QED) is 0.683. The summed E-state index contributed by atoms with van der Waals surface area (Å²) in [4.78, 5) is 11.4. The second-order valence-electron chi connectivity index (χ2n) is 5.41. The predicted molar refractivity (Wildman–Crippen MR) is 83.7 cm³/mol. The number of hydrogen-bond donors (Lipinski definition) is 2. The lowest BCUT2D eigenvalue weighted by molar-refractivity contribution is -0.123. The molecule has 0 bridgehead atoms. The van der Waals surface area contributed by atoms with Gasteiger partial charge < -0.3 is 20.5 Å². The van der Waals surface area contributed by atoms with E-state index in [1.165, 1.54) is 0 Å². The molecular weight excluding hydrogens is 268 g/mol. The van der Waals surface area contributed by atoms with Gasteiger partial charge in [0.25, 0.3) is 0 Å². The Morgan fingerprint density at radius 3 is 2.62 bits per heavy atom. The van der Waals surface area contributed by atoms with E-state index in [4.69, 9.17) is 15.2 Å². The molecule has 0 saturated carbocycles. The molecule has 0 aromatic heterocycles. The van der Waals surface area contributed by atoms with E-state index in [0.717, 1.165) is 29.9 Å². The number of primary amides is 1. The van der Waals surface area contributed by atoms with Crippen molar-refractivity contribution in [1.29, 1.82) is 0 Å². The van der Waals surface area contributed by atoms with Gasteiger partial charge in [-0.3, -0.25) is 4.79 Å². The third kappa shape index (κ3) is 4.93. The van der Waals surface area contributed by atoms with Crippen LogP contribution in [-0.2, 0) is 4.79 Å². The Kier molecular flexibility index (Phi) is 6.49. The molecule has 118 valence electrons. The minimum Gasteiger partial charge on any atom is -0.493 e. The van der Waals surface area contributed by atoms with E-state index in [1.54, 1.807) is 14.2 Å². The molecule has 1 atom stereocenters. The van der Waals surface area contributed by atoms with Crippen LogP contribution in [-0.4, -0.2) is 32.2 Å². The molecule has 0 saturated heterocycles. The molecule has 1 aromatic rings. The lowest BCUT2D eigenvalue weighted by atomic mass is 9.94. The minimum atomic E-state index is -0.651. The zero-order valence-corrected chi connectivity index (χ0v) is 13.4. The van der Waals surface area contributed by atoms with E-state index in [0.29, 0.717) is 13.0 Å². The fourth-order valence-electron chi connectivity index (χ4n) is 2.03. The van der Waals surface area contributed by atoms with Crippen LogP contribution in [0.5, 0.6) is 11.5 Å². The summed E-state index contributed by atoms with van der Waals surface area (Å²) in [6.07, 6.45) is 2.39. The molecule has 21 heavy (non-hydrogen) atoms. The molecule has 5 heteroatoms. The summed E-state index contributed by atoms with van der Waals surface area (Å²) in [5, 5.41) is 2.98. The monoisotopic (exact) mass is 294 g/mol. The standard InChI is InChI=1S/C16H26N2O3/c1-12-7-8-13(14(11-12)20-4)21-10-6-5-9-16(2,18-3)15(17)19/h7-8,11,18H,5-6,9-10H2,1-4H3,(H2,17,19). The van der Waals surface area contributed by atoms with Crippen LogP contribution in [0.3, 0.4) is 0 Å². The number of ether oxygens (including phenoxy) is 2. The molecule has 1 aromatic carbocycles. The number of nitrogens with two attached hydrogens (primary N) is 1. The van der Waals surface area contributed by atoms with E-state index in [1.807, 2.05) is 32.0 Å². The average Bonchev–Trinajstić information content (AvgIpc) is 2.47. The number of benzene rings is 1. The van der Waals surface area contributed by atoms with E-state index in [9.17, 15) is 4.79 Å². The third-order valence-corrected chi connectivity index (χ3v) is 3.74. The highest BCUT2D eigenvalue weighted by atomic mass is 16.5. The van der Waals surface area contributed by atoms with Crippen LogP contribution >= 0.6 is 0 Å². The highest BCUT2D eigenvalue weighted by Gasteiger charge is 2.27. The molecule has 5 nitrogen and oxygen atoms in total. The van der Waals surface area contributed by atoms with E-state index >= 15 is 0 Å². The van der Waals surface area contributed by atoms with Crippen molar-refractivity contribution in [3.05, 3.63) is 23.8 Å². The zero-order valence-electron chi connectivity index (χ0n) is 13.4. The van der Waals surface area contributed by atoms with Crippen molar-refractivity contribution in [3.63, 3.8) is 0 Å². The van der Waals surface area contributed by atoms with E-state index in [-0.39, 0.29) is 5.91 Å². The van der Waals surface area contributed by atoms with E-state index in [2.05, 4.69) is 5.32 Å². The lowest BCUT2D eigenvalue weighted by Crippen LogP contribution is -2.51. The van der Waals surface area contributed by atoms with Gasteiger partial charge in [-0.15, -0.1) is 0 Å². The van der Waals surface area contributed by atoms with Gasteiger partial charge in [0.2, 0.25) is 5.91 Å². The van der Waals surface area contributed by atoms with Crippen LogP contribution in [0.4, 0.5) is 0 Å². The molecule has 0 spiro atoms. The average molecular weight is 294 g/mol. The SMILES string of the molecule is CNC(C)(CCCCOc1ccc(C)cc1OC)C(N)=O. The third-order valence-electron chi connectivity index (χ3n) is 3.74. The second-order valence-corrected chi connectivity index (χ2v) is 5.41. The number of aryl methyl sites for hydroxylation is 1. The number of likely N-dealkylation sites (N-methyl/N-ethyl adjacent to an activating group) is 1. The van der Waals surface area contributed by atoms with Crippen molar-refractivity contribution in [2.24, 2.45) is 5.73 Å². The lowest BCUT2D eigenvalue weighted by Gasteiger charge is -2.25. The van der Waals surface area contributed by atoms with Gasteiger partial charge in [-0.05, 0) is 57.9 Å². The fourth-order valence-corrected chi connectivity index (χ4v) is 2.03. The van der Waals surface area contributed by atoms with Crippen LogP contribution in [0.2, 0.25) is 0 Å². The second kappa shape index (κ2) is 7.88. The molecule has 1 amide bonds.